The molecule has 98 valence electrons. The normalized spacial score (nSPS) is 32.4. The van der Waals surface area contributed by atoms with Crippen LogP contribution in [0, 0.1) is 5.41 Å². The summed E-state index contributed by atoms with van der Waals surface area (Å²) in [4.78, 5) is 12.4. The Morgan fingerprint density at radius 2 is 2.06 bits per heavy atom. The van der Waals surface area contributed by atoms with Crippen LogP contribution in [0.3, 0.4) is 0 Å². The van der Waals surface area contributed by atoms with Crippen molar-refractivity contribution >= 4 is 17.7 Å². The Hall–Kier alpha value is -0.220. The van der Waals surface area contributed by atoms with Gasteiger partial charge < -0.3 is 10.6 Å². The summed E-state index contributed by atoms with van der Waals surface area (Å²) < 4.78 is 0. The van der Waals surface area contributed by atoms with Gasteiger partial charge in [-0.3, -0.25) is 4.79 Å². The molecular weight excluding hydrogens is 232 g/mol. The number of nitrogens with one attached hydrogen (secondary N) is 2. The fraction of sp³-hybridized carbons (Fsp3) is 0.923. The molecular formula is C13H24N2OS. The lowest BCUT2D eigenvalue weighted by Gasteiger charge is -2.34. The van der Waals surface area contributed by atoms with Crippen molar-refractivity contribution in [3.05, 3.63) is 0 Å². The maximum atomic E-state index is 12.4. The molecule has 2 rings (SSSR count). The molecule has 0 aromatic rings. The fourth-order valence-corrected chi connectivity index (χ4v) is 3.86. The highest BCUT2D eigenvalue weighted by atomic mass is 32.2. The molecule has 0 bridgehead atoms. The standard InChI is InChI=1S/C13H24N2OS/c1-13(6-8-14-9-7-13)12(16)15-10-4-3-5-11(10)17-2/h10-11,14H,3-9H2,1-2H3,(H,15,16). The molecule has 1 saturated heterocycles. The molecule has 0 spiro atoms. The quantitative estimate of drug-likeness (QED) is 0.809. The zero-order valence-corrected chi connectivity index (χ0v) is 11.7. The molecule has 1 saturated carbocycles. The molecule has 2 N–H and O–H groups in total. The van der Waals surface area contributed by atoms with E-state index in [2.05, 4.69) is 23.8 Å². The Balaban J connectivity index is 1.91. The van der Waals surface area contributed by atoms with E-state index in [0.717, 1.165) is 32.4 Å². The van der Waals surface area contributed by atoms with Gasteiger partial charge >= 0.3 is 0 Å². The van der Waals surface area contributed by atoms with Gasteiger partial charge in [-0.2, -0.15) is 11.8 Å². The van der Waals surface area contributed by atoms with Crippen LogP contribution in [0.2, 0.25) is 0 Å². The molecule has 0 aromatic heterocycles. The van der Waals surface area contributed by atoms with E-state index < -0.39 is 0 Å². The van der Waals surface area contributed by atoms with Crippen molar-refractivity contribution < 1.29 is 4.79 Å². The molecule has 1 aliphatic carbocycles. The Bertz CT molecular complexity index is 277. The number of piperidine rings is 1. The first-order chi connectivity index (χ1) is 8.15. The highest BCUT2D eigenvalue weighted by Gasteiger charge is 2.37. The van der Waals surface area contributed by atoms with Gasteiger partial charge in [-0.15, -0.1) is 0 Å². The minimum atomic E-state index is -0.142. The second-order valence-electron chi connectivity index (χ2n) is 5.60. The summed E-state index contributed by atoms with van der Waals surface area (Å²) in [6.07, 6.45) is 7.76. The van der Waals surface area contributed by atoms with E-state index in [1.807, 2.05) is 11.8 Å². The number of hydrogen-bond donors (Lipinski definition) is 2. The van der Waals surface area contributed by atoms with Crippen molar-refractivity contribution in [1.29, 1.82) is 0 Å². The summed E-state index contributed by atoms with van der Waals surface area (Å²) in [6.45, 7) is 4.06. The Kier molecular flexibility index (Phi) is 4.36. The van der Waals surface area contributed by atoms with Crippen LogP contribution in [-0.2, 0) is 4.79 Å². The van der Waals surface area contributed by atoms with Crippen LogP contribution in [0.15, 0.2) is 0 Å². The lowest BCUT2D eigenvalue weighted by Crippen LogP contribution is -2.50. The lowest BCUT2D eigenvalue weighted by molar-refractivity contribution is -0.132. The number of rotatable bonds is 3. The minimum absolute atomic E-state index is 0.142. The smallest absolute Gasteiger partial charge is 0.226 e. The first-order valence-corrected chi connectivity index (χ1v) is 7.99. The third-order valence-corrected chi connectivity index (χ3v) is 5.50. The van der Waals surface area contributed by atoms with Gasteiger partial charge in [-0.1, -0.05) is 13.3 Å². The van der Waals surface area contributed by atoms with Crippen molar-refractivity contribution in [1.82, 2.24) is 10.6 Å². The van der Waals surface area contributed by atoms with E-state index in [1.54, 1.807) is 0 Å². The lowest BCUT2D eigenvalue weighted by atomic mass is 9.80. The first-order valence-electron chi connectivity index (χ1n) is 6.70. The Morgan fingerprint density at radius 3 is 2.71 bits per heavy atom. The van der Waals surface area contributed by atoms with Crippen LogP contribution >= 0.6 is 11.8 Å². The molecule has 0 aromatic carbocycles. The summed E-state index contributed by atoms with van der Waals surface area (Å²) in [5, 5.41) is 7.26. The molecule has 3 nitrogen and oxygen atoms in total. The highest BCUT2D eigenvalue weighted by Crippen LogP contribution is 2.32. The molecule has 2 unspecified atom stereocenters. The van der Waals surface area contributed by atoms with E-state index in [1.165, 1.54) is 12.8 Å². The van der Waals surface area contributed by atoms with E-state index in [9.17, 15) is 4.79 Å². The second kappa shape index (κ2) is 5.61. The zero-order chi connectivity index (χ0) is 12.3. The average Bonchev–Trinajstić information content (AvgIpc) is 2.77. The van der Waals surface area contributed by atoms with E-state index in [4.69, 9.17) is 0 Å². The van der Waals surface area contributed by atoms with Gasteiger partial charge in [-0.05, 0) is 45.0 Å². The number of carbonyl (C=O) groups excluding carboxylic acids is 1. The van der Waals surface area contributed by atoms with E-state index in [0.29, 0.717) is 11.3 Å². The molecule has 4 heteroatoms. The van der Waals surface area contributed by atoms with Crippen molar-refractivity contribution in [2.75, 3.05) is 19.3 Å². The summed E-state index contributed by atoms with van der Waals surface area (Å²) in [5.74, 6) is 0.282. The topological polar surface area (TPSA) is 41.1 Å². The van der Waals surface area contributed by atoms with Gasteiger partial charge in [0.2, 0.25) is 5.91 Å². The monoisotopic (exact) mass is 256 g/mol. The van der Waals surface area contributed by atoms with Gasteiger partial charge in [0, 0.05) is 16.7 Å². The SMILES string of the molecule is CSC1CCCC1NC(=O)C1(C)CCNCC1. The largest absolute Gasteiger partial charge is 0.352 e. The second-order valence-corrected chi connectivity index (χ2v) is 6.67. The third kappa shape index (κ3) is 2.97. The molecule has 1 amide bonds. The van der Waals surface area contributed by atoms with Gasteiger partial charge in [0.05, 0.1) is 0 Å². The average molecular weight is 256 g/mol. The molecule has 1 aliphatic heterocycles. The van der Waals surface area contributed by atoms with Gasteiger partial charge in [-0.25, -0.2) is 0 Å². The number of hydrogen-bond acceptors (Lipinski definition) is 3. The predicted molar refractivity (Wildman–Crippen MR) is 73.3 cm³/mol. The third-order valence-electron chi connectivity index (χ3n) is 4.33. The summed E-state index contributed by atoms with van der Waals surface area (Å²) >= 11 is 1.90. The number of amides is 1. The minimum Gasteiger partial charge on any atom is -0.352 e. The van der Waals surface area contributed by atoms with Crippen LogP contribution in [0.1, 0.15) is 39.0 Å². The molecule has 0 radical (unpaired) electrons. The van der Waals surface area contributed by atoms with Crippen LogP contribution in [0.4, 0.5) is 0 Å². The molecule has 2 aliphatic rings. The first kappa shape index (κ1) is 13.2. The zero-order valence-electron chi connectivity index (χ0n) is 10.9. The van der Waals surface area contributed by atoms with Gasteiger partial charge in [0.1, 0.15) is 0 Å². The van der Waals surface area contributed by atoms with Gasteiger partial charge in [0.15, 0.2) is 0 Å². The Morgan fingerprint density at radius 1 is 1.35 bits per heavy atom. The summed E-state index contributed by atoms with van der Waals surface area (Å²) in [5.41, 5.74) is -0.142. The van der Waals surface area contributed by atoms with Crippen LogP contribution in [0.5, 0.6) is 0 Å². The van der Waals surface area contributed by atoms with Gasteiger partial charge in [0.25, 0.3) is 0 Å². The molecule has 1 heterocycles. The maximum absolute atomic E-state index is 12.4. The fourth-order valence-electron chi connectivity index (χ4n) is 2.92. The Labute approximate surface area is 108 Å². The van der Waals surface area contributed by atoms with Crippen LogP contribution in [-0.4, -0.2) is 36.5 Å². The number of thioether (sulfide) groups is 1. The van der Waals surface area contributed by atoms with Crippen molar-refractivity contribution in [3.8, 4) is 0 Å². The predicted octanol–water partition coefficient (Wildman–Crippen LogP) is 1.78. The summed E-state index contributed by atoms with van der Waals surface area (Å²) in [7, 11) is 0. The molecule has 17 heavy (non-hydrogen) atoms. The molecule has 2 fully saturated rings. The van der Waals surface area contributed by atoms with Crippen molar-refractivity contribution in [2.24, 2.45) is 5.41 Å². The number of carbonyl (C=O) groups is 1. The van der Waals surface area contributed by atoms with Crippen molar-refractivity contribution in [3.63, 3.8) is 0 Å². The van der Waals surface area contributed by atoms with Crippen LogP contribution < -0.4 is 10.6 Å². The van der Waals surface area contributed by atoms with E-state index >= 15 is 0 Å². The van der Waals surface area contributed by atoms with Crippen molar-refractivity contribution in [2.45, 2.75) is 50.3 Å². The highest BCUT2D eigenvalue weighted by molar-refractivity contribution is 7.99. The maximum Gasteiger partial charge on any atom is 0.226 e. The molecule has 2 atom stereocenters. The summed E-state index contributed by atoms with van der Waals surface area (Å²) in [6, 6.07) is 0.407. The van der Waals surface area contributed by atoms with Crippen LogP contribution in [0.25, 0.3) is 0 Å². The van der Waals surface area contributed by atoms with E-state index in [-0.39, 0.29) is 11.3 Å².